The van der Waals surface area contributed by atoms with Gasteiger partial charge in [0.1, 0.15) is 0 Å². The van der Waals surface area contributed by atoms with Crippen LogP contribution in [0.5, 0.6) is 0 Å². The monoisotopic (exact) mass is 215 g/mol. The van der Waals surface area contributed by atoms with Gasteiger partial charge in [0, 0.05) is 19.3 Å². The van der Waals surface area contributed by atoms with Crippen LogP contribution in [0.15, 0.2) is 0 Å². The Labute approximate surface area is 93.2 Å². The molecule has 90 valence electrons. The van der Waals surface area contributed by atoms with Gasteiger partial charge in [0.2, 0.25) is 0 Å². The average Bonchev–Trinajstić information content (AvgIpc) is 2.26. The summed E-state index contributed by atoms with van der Waals surface area (Å²) < 4.78 is 5.70. The summed E-state index contributed by atoms with van der Waals surface area (Å²) in [6.07, 6.45) is 7.16. The minimum atomic E-state index is 0.313. The van der Waals surface area contributed by atoms with Crippen molar-refractivity contribution in [2.75, 3.05) is 19.8 Å². The van der Waals surface area contributed by atoms with Gasteiger partial charge in [-0.25, -0.2) is 0 Å². The second-order valence-electron chi connectivity index (χ2n) is 4.39. The van der Waals surface area contributed by atoms with E-state index in [0.29, 0.717) is 18.8 Å². The maximum Gasteiger partial charge on any atom is 0.0589 e. The van der Waals surface area contributed by atoms with Crippen LogP contribution in [0.4, 0.5) is 0 Å². The van der Waals surface area contributed by atoms with Gasteiger partial charge in [-0.3, -0.25) is 0 Å². The van der Waals surface area contributed by atoms with Crippen LogP contribution in [-0.2, 0) is 4.74 Å². The molecule has 0 aromatic rings. The molecule has 15 heavy (non-hydrogen) atoms. The Morgan fingerprint density at radius 3 is 3.00 bits per heavy atom. The fraction of sp³-hybridized carbons (Fsp3) is 1.00. The maximum absolute atomic E-state index is 8.67. The predicted molar refractivity (Wildman–Crippen MR) is 62.0 cm³/mol. The largest absolute Gasteiger partial charge is 0.396 e. The summed E-state index contributed by atoms with van der Waals surface area (Å²) in [6, 6.07) is 0.633. The molecule has 0 radical (unpaired) electrons. The molecule has 0 aromatic carbocycles. The van der Waals surface area contributed by atoms with Gasteiger partial charge in [-0.2, -0.15) is 0 Å². The van der Waals surface area contributed by atoms with E-state index in [1.165, 1.54) is 12.8 Å². The van der Waals surface area contributed by atoms with E-state index >= 15 is 0 Å². The normalized spacial score (nSPS) is 26.8. The molecule has 0 aliphatic carbocycles. The standard InChI is InChI=1S/C12H25NO2/c1-2-5-12-10-11(6-9-15-12)13-7-3-4-8-14/h11-14H,2-10H2,1H3. The Morgan fingerprint density at radius 1 is 1.40 bits per heavy atom. The average molecular weight is 215 g/mol. The van der Waals surface area contributed by atoms with Crippen molar-refractivity contribution in [2.45, 2.75) is 57.6 Å². The third-order valence-electron chi connectivity index (χ3n) is 3.00. The van der Waals surface area contributed by atoms with Gasteiger partial charge in [0.15, 0.2) is 0 Å². The Hall–Kier alpha value is -0.120. The Bertz CT molecular complexity index is 151. The first kappa shape index (κ1) is 12.9. The summed E-state index contributed by atoms with van der Waals surface area (Å²) in [5.41, 5.74) is 0. The quantitative estimate of drug-likeness (QED) is 0.635. The van der Waals surface area contributed by atoms with Crippen LogP contribution in [0, 0.1) is 0 Å². The van der Waals surface area contributed by atoms with Gasteiger partial charge in [-0.05, 0) is 38.6 Å². The molecule has 1 aliphatic heterocycles. The summed E-state index contributed by atoms with van der Waals surface area (Å²) >= 11 is 0. The predicted octanol–water partition coefficient (Wildman–Crippen LogP) is 1.70. The van der Waals surface area contributed by atoms with Gasteiger partial charge in [0.25, 0.3) is 0 Å². The molecule has 0 amide bonds. The van der Waals surface area contributed by atoms with Crippen molar-refractivity contribution < 1.29 is 9.84 Å². The third-order valence-corrected chi connectivity index (χ3v) is 3.00. The van der Waals surface area contributed by atoms with Crippen LogP contribution < -0.4 is 5.32 Å². The molecule has 2 atom stereocenters. The molecule has 0 saturated carbocycles. The molecule has 1 aliphatic rings. The lowest BCUT2D eigenvalue weighted by atomic mass is 10.00. The topological polar surface area (TPSA) is 41.5 Å². The molecule has 0 spiro atoms. The zero-order valence-corrected chi connectivity index (χ0v) is 9.87. The van der Waals surface area contributed by atoms with Crippen LogP contribution in [0.1, 0.15) is 45.4 Å². The van der Waals surface area contributed by atoms with E-state index in [1.54, 1.807) is 0 Å². The van der Waals surface area contributed by atoms with Crippen molar-refractivity contribution in [3.8, 4) is 0 Å². The summed E-state index contributed by atoms with van der Waals surface area (Å²) in [4.78, 5) is 0. The summed E-state index contributed by atoms with van der Waals surface area (Å²) in [5, 5.41) is 12.2. The minimum Gasteiger partial charge on any atom is -0.396 e. The van der Waals surface area contributed by atoms with Crippen LogP contribution in [-0.4, -0.2) is 37.0 Å². The first-order valence-corrected chi connectivity index (χ1v) is 6.32. The summed E-state index contributed by atoms with van der Waals surface area (Å²) in [7, 11) is 0. The van der Waals surface area contributed by atoms with Crippen LogP contribution >= 0.6 is 0 Å². The number of aliphatic hydroxyl groups is 1. The molecule has 3 heteroatoms. The van der Waals surface area contributed by atoms with Crippen LogP contribution in [0.3, 0.4) is 0 Å². The van der Waals surface area contributed by atoms with E-state index in [2.05, 4.69) is 12.2 Å². The molecular formula is C12H25NO2. The van der Waals surface area contributed by atoms with Gasteiger partial charge in [-0.15, -0.1) is 0 Å². The fourth-order valence-corrected chi connectivity index (χ4v) is 2.13. The number of hydrogen-bond acceptors (Lipinski definition) is 3. The molecule has 0 bridgehead atoms. The Balaban J connectivity index is 2.07. The Morgan fingerprint density at radius 2 is 2.27 bits per heavy atom. The first-order valence-electron chi connectivity index (χ1n) is 6.32. The number of aliphatic hydroxyl groups excluding tert-OH is 1. The highest BCUT2D eigenvalue weighted by Crippen LogP contribution is 2.17. The molecule has 1 saturated heterocycles. The number of rotatable bonds is 7. The molecule has 0 aromatic heterocycles. The van der Waals surface area contributed by atoms with Crippen LogP contribution in [0.2, 0.25) is 0 Å². The van der Waals surface area contributed by atoms with E-state index in [4.69, 9.17) is 9.84 Å². The van der Waals surface area contributed by atoms with Gasteiger partial charge in [-0.1, -0.05) is 13.3 Å². The minimum absolute atomic E-state index is 0.313. The summed E-state index contributed by atoms with van der Waals surface area (Å²) in [5.74, 6) is 0. The lowest BCUT2D eigenvalue weighted by molar-refractivity contribution is -0.00315. The zero-order chi connectivity index (χ0) is 10.9. The molecule has 2 N–H and O–H groups in total. The number of nitrogens with one attached hydrogen (secondary N) is 1. The highest BCUT2D eigenvalue weighted by molar-refractivity contribution is 4.76. The van der Waals surface area contributed by atoms with E-state index in [-0.39, 0.29) is 0 Å². The molecule has 1 fully saturated rings. The molecule has 2 unspecified atom stereocenters. The molecule has 3 nitrogen and oxygen atoms in total. The molecule has 1 rings (SSSR count). The number of ether oxygens (including phenoxy) is 1. The van der Waals surface area contributed by atoms with E-state index in [1.807, 2.05) is 0 Å². The van der Waals surface area contributed by atoms with Crippen molar-refractivity contribution >= 4 is 0 Å². The fourth-order valence-electron chi connectivity index (χ4n) is 2.13. The van der Waals surface area contributed by atoms with Gasteiger partial charge < -0.3 is 15.2 Å². The lowest BCUT2D eigenvalue weighted by Crippen LogP contribution is -2.39. The van der Waals surface area contributed by atoms with Crippen molar-refractivity contribution in [1.82, 2.24) is 5.32 Å². The van der Waals surface area contributed by atoms with Crippen molar-refractivity contribution in [2.24, 2.45) is 0 Å². The highest BCUT2D eigenvalue weighted by atomic mass is 16.5. The Kier molecular flexibility index (Phi) is 6.98. The SMILES string of the molecule is CCCC1CC(NCCCCO)CCO1. The van der Waals surface area contributed by atoms with Gasteiger partial charge >= 0.3 is 0 Å². The van der Waals surface area contributed by atoms with E-state index < -0.39 is 0 Å². The zero-order valence-electron chi connectivity index (χ0n) is 9.87. The second-order valence-corrected chi connectivity index (χ2v) is 4.39. The third kappa shape index (κ3) is 5.50. The van der Waals surface area contributed by atoms with Crippen molar-refractivity contribution in [3.63, 3.8) is 0 Å². The lowest BCUT2D eigenvalue weighted by Gasteiger charge is -2.30. The molecule has 1 heterocycles. The number of unbranched alkanes of at least 4 members (excludes halogenated alkanes) is 1. The van der Waals surface area contributed by atoms with Crippen molar-refractivity contribution in [3.05, 3.63) is 0 Å². The van der Waals surface area contributed by atoms with Crippen molar-refractivity contribution in [1.29, 1.82) is 0 Å². The van der Waals surface area contributed by atoms with E-state index in [9.17, 15) is 0 Å². The number of hydrogen-bond donors (Lipinski definition) is 2. The first-order chi connectivity index (χ1) is 7.36. The maximum atomic E-state index is 8.67. The second kappa shape index (κ2) is 8.08. The summed E-state index contributed by atoms with van der Waals surface area (Å²) in [6.45, 7) is 4.46. The molecular weight excluding hydrogens is 190 g/mol. The van der Waals surface area contributed by atoms with E-state index in [0.717, 1.165) is 38.8 Å². The van der Waals surface area contributed by atoms with Crippen LogP contribution in [0.25, 0.3) is 0 Å². The highest BCUT2D eigenvalue weighted by Gasteiger charge is 2.20. The smallest absolute Gasteiger partial charge is 0.0589 e. The van der Waals surface area contributed by atoms with Gasteiger partial charge in [0.05, 0.1) is 6.10 Å².